The zero-order valence-corrected chi connectivity index (χ0v) is 10.7. The molecule has 0 aliphatic heterocycles. The van der Waals surface area contributed by atoms with Crippen LogP contribution in [0.3, 0.4) is 0 Å². The summed E-state index contributed by atoms with van der Waals surface area (Å²) in [7, 11) is 0. The van der Waals surface area contributed by atoms with Crippen LogP contribution in [-0.2, 0) is 4.79 Å². The molecule has 1 amide bonds. The van der Waals surface area contributed by atoms with Crippen molar-refractivity contribution in [2.24, 2.45) is 5.92 Å². The maximum atomic E-state index is 12.3. The Morgan fingerprint density at radius 1 is 1.33 bits per heavy atom. The van der Waals surface area contributed by atoms with Gasteiger partial charge in [-0.3, -0.25) is 4.79 Å². The van der Waals surface area contributed by atoms with Crippen molar-refractivity contribution >= 4 is 22.4 Å². The first-order valence-electron chi connectivity index (χ1n) is 6.10. The van der Waals surface area contributed by atoms with Gasteiger partial charge in [0.05, 0.1) is 5.92 Å². The Balaban J connectivity index is 1.80. The van der Waals surface area contributed by atoms with Crippen LogP contribution in [0, 0.1) is 5.92 Å². The molecule has 1 atom stereocenters. The highest BCUT2D eigenvalue weighted by atomic mass is 32.1. The molecule has 0 spiro atoms. The van der Waals surface area contributed by atoms with Gasteiger partial charge < -0.3 is 5.32 Å². The van der Waals surface area contributed by atoms with Gasteiger partial charge in [0.15, 0.2) is 5.13 Å². The first kappa shape index (κ1) is 11.4. The maximum Gasteiger partial charge on any atom is 0.233 e. The second-order valence-electron chi connectivity index (χ2n) is 4.55. The molecule has 1 N–H and O–H groups in total. The Hall–Kier alpha value is -1.68. The number of rotatable bonds is 4. The van der Waals surface area contributed by atoms with Gasteiger partial charge in [-0.2, -0.15) is 0 Å². The summed E-state index contributed by atoms with van der Waals surface area (Å²) in [5.74, 6) is 0.529. The fourth-order valence-corrected chi connectivity index (χ4v) is 2.73. The molecular formula is C14H14N2OS. The van der Waals surface area contributed by atoms with E-state index in [1.165, 1.54) is 11.3 Å². The van der Waals surface area contributed by atoms with E-state index in [2.05, 4.69) is 10.3 Å². The third kappa shape index (κ3) is 2.43. The highest BCUT2D eigenvalue weighted by molar-refractivity contribution is 7.13. The molecule has 1 aliphatic rings. The fourth-order valence-electron chi connectivity index (χ4n) is 2.20. The van der Waals surface area contributed by atoms with Crippen molar-refractivity contribution in [2.75, 3.05) is 5.32 Å². The van der Waals surface area contributed by atoms with E-state index in [1.807, 2.05) is 35.7 Å². The number of hydrogen-bond acceptors (Lipinski definition) is 3. The van der Waals surface area contributed by atoms with Crippen LogP contribution in [0.15, 0.2) is 41.9 Å². The second-order valence-corrected chi connectivity index (χ2v) is 5.45. The van der Waals surface area contributed by atoms with E-state index in [9.17, 15) is 4.79 Å². The van der Waals surface area contributed by atoms with Gasteiger partial charge in [-0.1, -0.05) is 30.3 Å². The molecule has 1 fully saturated rings. The van der Waals surface area contributed by atoms with Crippen molar-refractivity contribution in [3.8, 4) is 0 Å². The van der Waals surface area contributed by atoms with Gasteiger partial charge in [-0.25, -0.2) is 4.98 Å². The van der Waals surface area contributed by atoms with Crippen molar-refractivity contribution in [3.05, 3.63) is 47.5 Å². The highest BCUT2D eigenvalue weighted by Gasteiger charge is 2.37. The van der Waals surface area contributed by atoms with Gasteiger partial charge in [-0.15, -0.1) is 11.3 Å². The molecule has 1 unspecified atom stereocenters. The summed E-state index contributed by atoms with van der Waals surface area (Å²) in [6.07, 6.45) is 3.99. The van der Waals surface area contributed by atoms with E-state index < -0.39 is 0 Å². The van der Waals surface area contributed by atoms with Crippen LogP contribution in [0.4, 0.5) is 5.13 Å². The van der Waals surface area contributed by atoms with Crippen LogP contribution >= 0.6 is 11.3 Å². The summed E-state index contributed by atoms with van der Waals surface area (Å²) >= 11 is 1.45. The van der Waals surface area contributed by atoms with Gasteiger partial charge >= 0.3 is 0 Å². The molecule has 0 radical (unpaired) electrons. The lowest BCUT2D eigenvalue weighted by atomic mass is 9.93. The van der Waals surface area contributed by atoms with E-state index in [0.717, 1.165) is 18.4 Å². The van der Waals surface area contributed by atoms with Crippen molar-refractivity contribution in [1.29, 1.82) is 0 Å². The minimum Gasteiger partial charge on any atom is -0.301 e. The lowest BCUT2D eigenvalue weighted by Crippen LogP contribution is -2.22. The molecule has 1 saturated carbocycles. The van der Waals surface area contributed by atoms with E-state index in [0.29, 0.717) is 11.0 Å². The number of benzene rings is 1. The van der Waals surface area contributed by atoms with Gasteiger partial charge in [-0.05, 0) is 24.3 Å². The molecule has 0 bridgehead atoms. The number of thiazole rings is 1. The summed E-state index contributed by atoms with van der Waals surface area (Å²) in [5, 5.41) is 5.46. The number of anilines is 1. The zero-order chi connectivity index (χ0) is 12.4. The molecule has 18 heavy (non-hydrogen) atoms. The topological polar surface area (TPSA) is 42.0 Å². The lowest BCUT2D eigenvalue weighted by Gasteiger charge is -2.15. The average Bonchev–Trinajstić information content (AvgIpc) is 3.08. The Morgan fingerprint density at radius 2 is 2.11 bits per heavy atom. The molecule has 1 heterocycles. The van der Waals surface area contributed by atoms with E-state index >= 15 is 0 Å². The number of nitrogens with zero attached hydrogens (tertiary/aromatic N) is 1. The van der Waals surface area contributed by atoms with Gasteiger partial charge in [0, 0.05) is 11.6 Å². The molecule has 3 rings (SSSR count). The summed E-state index contributed by atoms with van der Waals surface area (Å²) in [5.41, 5.74) is 1.11. The highest BCUT2D eigenvalue weighted by Crippen LogP contribution is 2.43. The maximum absolute atomic E-state index is 12.3. The largest absolute Gasteiger partial charge is 0.301 e. The molecule has 1 aliphatic carbocycles. The smallest absolute Gasteiger partial charge is 0.233 e. The Kier molecular flexibility index (Phi) is 3.11. The average molecular weight is 258 g/mol. The van der Waals surface area contributed by atoms with E-state index in [1.54, 1.807) is 6.20 Å². The minimum absolute atomic E-state index is 0.0323. The first-order valence-corrected chi connectivity index (χ1v) is 6.98. The van der Waals surface area contributed by atoms with Crippen LogP contribution in [0.25, 0.3) is 0 Å². The monoisotopic (exact) mass is 258 g/mol. The molecule has 0 saturated heterocycles. The second kappa shape index (κ2) is 4.90. The number of carbonyl (C=O) groups is 1. The normalized spacial score (nSPS) is 16.2. The van der Waals surface area contributed by atoms with Crippen molar-refractivity contribution < 1.29 is 4.79 Å². The van der Waals surface area contributed by atoms with Crippen molar-refractivity contribution in [3.63, 3.8) is 0 Å². The third-order valence-corrected chi connectivity index (χ3v) is 3.89. The molecule has 92 valence electrons. The molecular weight excluding hydrogens is 244 g/mol. The first-order chi connectivity index (χ1) is 8.84. The minimum atomic E-state index is -0.0323. The summed E-state index contributed by atoms with van der Waals surface area (Å²) in [4.78, 5) is 16.4. The van der Waals surface area contributed by atoms with Gasteiger partial charge in [0.25, 0.3) is 0 Å². The Labute approximate surface area is 110 Å². The van der Waals surface area contributed by atoms with Crippen LogP contribution < -0.4 is 5.32 Å². The summed E-state index contributed by atoms with van der Waals surface area (Å²) in [6.45, 7) is 0. The fraction of sp³-hybridized carbons (Fsp3) is 0.286. The lowest BCUT2D eigenvalue weighted by molar-refractivity contribution is -0.118. The predicted octanol–water partition coefficient (Wildman–Crippen LogP) is 3.28. The number of nitrogens with one attached hydrogen (secondary N) is 1. The molecule has 4 heteroatoms. The van der Waals surface area contributed by atoms with E-state index in [-0.39, 0.29) is 11.8 Å². The summed E-state index contributed by atoms with van der Waals surface area (Å²) < 4.78 is 0. The van der Waals surface area contributed by atoms with Crippen LogP contribution in [-0.4, -0.2) is 10.9 Å². The van der Waals surface area contributed by atoms with Gasteiger partial charge in [0.1, 0.15) is 0 Å². The van der Waals surface area contributed by atoms with Crippen LogP contribution in [0.1, 0.15) is 24.3 Å². The number of hydrogen-bond donors (Lipinski definition) is 1. The molecule has 1 aromatic heterocycles. The number of aromatic nitrogens is 1. The molecule has 1 aromatic carbocycles. The van der Waals surface area contributed by atoms with Crippen molar-refractivity contribution in [2.45, 2.75) is 18.8 Å². The zero-order valence-electron chi connectivity index (χ0n) is 9.87. The number of amides is 1. The van der Waals surface area contributed by atoms with Crippen LogP contribution in [0.5, 0.6) is 0 Å². The SMILES string of the molecule is O=C(Nc1nccs1)C(c1ccccc1)C1CC1. The number of carbonyl (C=O) groups excluding carboxylic acids is 1. The Bertz CT molecular complexity index is 520. The van der Waals surface area contributed by atoms with Crippen molar-refractivity contribution in [1.82, 2.24) is 4.98 Å². The predicted molar refractivity (Wildman–Crippen MR) is 72.7 cm³/mol. The standard InChI is InChI=1S/C14H14N2OS/c17-13(16-14-15-8-9-18-14)12(11-6-7-11)10-4-2-1-3-5-10/h1-5,8-9,11-12H,6-7H2,(H,15,16,17). The van der Waals surface area contributed by atoms with E-state index in [4.69, 9.17) is 0 Å². The van der Waals surface area contributed by atoms with Crippen LogP contribution in [0.2, 0.25) is 0 Å². The Morgan fingerprint density at radius 3 is 2.72 bits per heavy atom. The summed E-state index contributed by atoms with van der Waals surface area (Å²) in [6, 6.07) is 10.0. The molecule has 3 nitrogen and oxygen atoms in total. The quantitative estimate of drug-likeness (QED) is 0.914. The molecule has 2 aromatic rings. The third-order valence-electron chi connectivity index (χ3n) is 3.20. The van der Waals surface area contributed by atoms with Gasteiger partial charge in [0.2, 0.25) is 5.91 Å².